The third kappa shape index (κ3) is 2.13. The zero-order chi connectivity index (χ0) is 8.39. The van der Waals surface area contributed by atoms with Crippen LogP contribution in [0.4, 0.5) is 0 Å². The Bertz CT molecular complexity index is 297. The fraction of sp³-hybridized carbons (Fsp3) is 0.200. The number of allylic oxidation sites excluding steroid dienone is 1. The van der Waals surface area contributed by atoms with Gasteiger partial charge in [-0.1, -0.05) is 0 Å². The number of hydrogen-bond donors (Lipinski definition) is 0. The summed E-state index contributed by atoms with van der Waals surface area (Å²) in [5, 5.41) is 0. The van der Waals surface area contributed by atoms with E-state index >= 15 is 0 Å². The van der Waals surface area contributed by atoms with Crippen molar-refractivity contribution in [3.8, 4) is 0 Å². The summed E-state index contributed by atoms with van der Waals surface area (Å²) in [6.45, 7) is 0. The number of halogens is 1. The molecule has 1 fully saturated rings. The molecule has 1 aliphatic rings. The van der Waals surface area contributed by atoms with Crippen molar-refractivity contribution in [2.24, 2.45) is 0 Å². The normalized spacial score (nSPS) is 14.6. The number of hydrogen-bond acceptors (Lipinski definition) is 0. The second kappa shape index (κ2) is 3.66. The molecule has 0 bridgehead atoms. The molecular weight excluding hydrogens is 235 g/mol. The first-order chi connectivity index (χ1) is 5.86. The van der Waals surface area contributed by atoms with Crippen LogP contribution < -0.4 is 4.46 Å². The van der Waals surface area contributed by atoms with E-state index in [0.717, 1.165) is 3.93 Å². The minimum atomic E-state index is 0.356. The van der Waals surface area contributed by atoms with Gasteiger partial charge in [0.1, 0.15) is 0 Å². The molecule has 0 heterocycles. The van der Waals surface area contributed by atoms with E-state index in [1.54, 1.807) is 0 Å². The summed E-state index contributed by atoms with van der Waals surface area (Å²) in [6, 6.07) is 10.5. The van der Waals surface area contributed by atoms with Crippen LogP contribution in [-0.4, -0.2) is 15.0 Å². The van der Waals surface area contributed by atoms with Crippen LogP contribution >= 0.6 is 11.6 Å². The van der Waals surface area contributed by atoms with Gasteiger partial charge in [-0.05, 0) is 0 Å². The molecule has 62 valence electrons. The molecule has 2 heteroatoms. The molecule has 0 spiro atoms. The maximum atomic E-state index is 6.12. The van der Waals surface area contributed by atoms with Gasteiger partial charge in [0, 0.05) is 0 Å². The Morgan fingerprint density at radius 1 is 1.17 bits per heavy atom. The molecule has 0 radical (unpaired) electrons. The molecule has 12 heavy (non-hydrogen) atoms. The number of benzene rings is 1. The van der Waals surface area contributed by atoms with Crippen LogP contribution in [0.25, 0.3) is 0 Å². The Morgan fingerprint density at radius 3 is 2.42 bits per heavy atom. The standard InChI is InChI=1S/C10H9ClSe/c11-10(8-6-7-8)12-9-4-2-1-3-5-9/h1-5H,6-7H2. The monoisotopic (exact) mass is 244 g/mol. The molecule has 1 aliphatic carbocycles. The molecule has 0 amide bonds. The summed E-state index contributed by atoms with van der Waals surface area (Å²) < 4.78 is 2.49. The Kier molecular flexibility index (Phi) is 2.55. The van der Waals surface area contributed by atoms with Crippen molar-refractivity contribution in [3.63, 3.8) is 0 Å². The van der Waals surface area contributed by atoms with Gasteiger partial charge in [0.25, 0.3) is 0 Å². The summed E-state index contributed by atoms with van der Waals surface area (Å²) in [4.78, 5) is 0. The summed E-state index contributed by atoms with van der Waals surface area (Å²) in [7, 11) is 0. The van der Waals surface area contributed by atoms with Crippen molar-refractivity contribution >= 4 is 31.0 Å². The molecule has 0 atom stereocenters. The summed E-state index contributed by atoms with van der Waals surface area (Å²) in [5.74, 6) is 0. The molecule has 1 saturated carbocycles. The van der Waals surface area contributed by atoms with E-state index in [1.807, 2.05) is 6.07 Å². The molecule has 1 aromatic rings. The Labute approximate surface area is 83.8 Å². The second-order valence-corrected chi connectivity index (χ2v) is 5.95. The molecule has 0 nitrogen and oxygen atoms in total. The quantitative estimate of drug-likeness (QED) is 0.699. The Hall–Kier alpha value is -0.231. The summed E-state index contributed by atoms with van der Waals surface area (Å²) in [6.07, 6.45) is 2.46. The van der Waals surface area contributed by atoms with Gasteiger partial charge in [-0.2, -0.15) is 0 Å². The zero-order valence-electron chi connectivity index (χ0n) is 6.59. The van der Waals surface area contributed by atoms with Crippen LogP contribution in [0.15, 0.2) is 39.8 Å². The van der Waals surface area contributed by atoms with Gasteiger partial charge in [-0.15, -0.1) is 0 Å². The van der Waals surface area contributed by atoms with Gasteiger partial charge in [-0.3, -0.25) is 0 Å². The van der Waals surface area contributed by atoms with Crippen molar-refractivity contribution in [2.75, 3.05) is 0 Å². The van der Waals surface area contributed by atoms with Crippen LogP contribution in [0, 0.1) is 0 Å². The predicted octanol–water partition coefficient (Wildman–Crippen LogP) is 2.26. The molecule has 0 N–H and O–H groups in total. The van der Waals surface area contributed by atoms with Gasteiger partial charge in [0.15, 0.2) is 0 Å². The predicted molar refractivity (Wildman–Crippen MR) is 53.9 cm³/mol. The van der Waals surface area contributed by atoms with Gasteiger partial charge >= 0.3 is 83.7 Å². The average Bonchev–Trinajstić information content (AvgIpc) is 2.88. The topological polar surface area (TPSA) is 0 Å². The van der Waals surface area contributed by atoms with E-state index in [-0.39, 0.29) is 0 Å². The zero-order valence-corrected chi connectivity index (χ0v) is 9.06. The molecule has 0 aliphatic heterocycles. The molecule has 1 aromatic carbocycles. The van der Waals surface area contributed by atoms with E-state index in [0.29, 0.717) is 15.0 Å². The third-order valence-corrected chi connectivity index (χ3v) is 4.44. The minimum absolute atomic E-state index is 0.356. The Balaban J connectivity index is 2.09. The summed E-state index contributed by atoms with van der Waals surface area (Å²) >= 11 is 6.48. The first-order valence-electron chi connectivity index (χ1n) is 3.97. The van der Waals surface area contributed by atoms with Crippen molar-refractivity contribution < 1.29 is 0 Å². The maximum absolute atomic E-state index is 6.12. The third-order valence-electron chi connectivity index (χ3n) is 1.73. The van der Waals surface area contributed by atoms with Crippen LogP contribution in [0.1, 0.15) is 12.8 Å². The van der Waals surface area contributed by atoms with E-state index in [2.05, 4.69) is 24.3 Å². The second-order valence-electron chi connectivity index (χ2n) is 2.79. The van der Waals surface area contributed by atoms with Crippen LogP contribution in [0.2, 0.25) is 0 Å². The van der Waals surface area contributed by atoms with Crippen molar-refractivity contribution in [1.29, 1.82) is 0 Å². The first-order valence-corrected chi connectivity index (χ1v) is 6.06. The van der Waals surface area contributed by atoms with Crippen LogP contribution in [0.5, 0.6) is 0 Å². The van der Waals surface area contributed by atoms with Crippen molar-refractivity contribution in [1.82, 2.24) is 0 Å². The SMILES string of the molecule is ClC([Se]c1ccccc1)=C1CC1. The Morgan fingerprint density at radius 2 is 1.83 bits per heavy atom. The molecular formula is C10H9ClSe. The fourth-order valence-corrected chi connectivity index (χ4v) is 3.36. The molecule has 2 rings (SSSR count). The van der Waals surface area contributed by atoms with Crippen molar-refractivity contribution in [3.05, 3.63) is 39.8 Å². The van der Waals surface area contributed by atoms with Gasteiger partial charge in [-0.25, -0.2) is 0 Å². The summed E-state index contributed by atoms with van der Waals surface area (Å²) in [5.41, 5.74) is 1.47. The van der Waals surface area contributed by atoms with E-state index in [1.165, 1.54) is 22.9 Å². The van der Waals surface area contributed by atoms with E-state index in [9.17, 15) is 0 Å². The van der Waals surface area contributed by atoms with Gasteiger partial charge in [0.2, 0.25) is 0 Å². The number of rotatable bonds is 2. The van der Waals surface area contributed by atoms with Crippen molar-refractivity contribution in [2.45, 2.75) is 12.8 Å². The van der Waals surface area contributed by atoms with Crippen LogP contribution in [-0.2, 0) is 0 Å². The molecule has 0 aromatic heterocycles. The fourth-order valence-electron chi connectivity index (χ4n) is 0.923. The molecule has 0 unspecified atom stereocenters. The van der Waals surface area contributed by atoms with Gasteiger partial charge < -0.3 is 0 Å². The van der Waals surface area contributed by atoms with E-state index < -0.39 is 0 Å². The van der Waals surface area contributed by atoms with Crippen LogP contribution in [0.3, 0.4) is 0 Å². The average molecular weight is 244 g/mol. The van der Waals surface area contributed by atoms with E-state index in [4.69, 9.17) is 11.6 Å². The first kappa shape index (κ1) is 8.37. The molecule has 0 saturated heterocycles. The van der Waals surface area contributed by atoms with Gasteiger partial charge in [0.05, 0.1) is 0 Å².